The predicted octanol–water partition coefficient (Wildman–Crippen LogP) is 5.28. The molecule has 166 valence electrons. The van der Waals surface area contributed by atoms with Crippen LogP contribution in [0.15, 0.2) is 77.7 Å². The van der Waals surface area contributed by atoms with Crippen molar-refractivity contribution in [1.82, 2.24) is 4.90 Å². The zero-order valence-electron chi connectivity index (χ0n) is 17.9. The lowest BCUT2D eigenvalue weighted by molar-refractivity contribution is 0.0793. The van der Waals surface area contributed by atoms with Crippen molar-refractivity contribution in [3.63, 3.8) is 0 Å². The first-order chi connectivity index (χ1) is 15.4. The Hall–Kier alpha value is -2.83. The third kappa shape index (κ3) is 4.66. The molecular weight excluding hydrogens is 444 g/mol. The average Bonchev–Trinajstić information content (AvgIpc) is 3.35. The van der Waals surface area contributed by atoms with Crippen molar-refractivity contribution in [2.75, 3.05) is 17.4 Å². The van der Waals surface area contributed by atoms with Crippen LogP contribution in [0.5, 0.6) is 0 Å². The van der Waals surface area contributed by atoms with Crippen LogP contribution in [0.2, 0.25) is 5.02 Å². The van der Waals surface area contributed by atoms with Crippen molar-refractivity contribution in [2.45, 2.75) is 31.2 Å². The highest BCUT2D eigenvalue weighted by atomic mass is 35.5. The smallest absolute Gasteiger partial charge is 0.264 e. The number of hydrogen-bond donors (Lipinski definition) is 0. The summed E-state index contributed by atoms with van der Waals surface area (Å²) in [5.41, 5.74) is 2.72. The van der Waals surface area contributed by atoms with Crippen LogP contribution < -0.4 is 4.31 Å². The van der Waals surface area contributed by atoms with Gasteiger partial charge in [-0.2, -0.15) is 0 Å². The molecule has 3 aromatic carbocycles. The standard InChI is InChI=1S/C25H25ClN2O3S/c1-19-9-14-22(26)17-24(19)28(32(30,31)23-7-3-2-4-8-23)18-20-10-12-21(13-11-20)25(29)27-15-5-6-16-27/h2-4,7-14,17H,5-6,15-16,18H2,1H3. The van der Waals surface area contributed by atoms with Crippen LogP contribution >= 0.6 is 11.6 Å². The molecule has 3 aromatic rings. The van der Waals surface area contributed by atoms with Gasteiger partial charge in [-0.05, 0) is 67.3 Å². The Morgan fingerprint density at radius 1 is 0.969 bits per heavy atom. The van der Waals surface area contributed by atoms with E-state index in [-0.39, 0.29) is 17.3 Å². The molecule has 0 aromatic heterocycles. The number of amides is 1. The zero-order valence-corrected chi connectivity index (χ0v) is 19.4. The molecule has 0 N–H and O–H groups in total. The van der Waals surface area contributed by atoms with Gasteiger partial charge in [-0.15, -0.1) is 0 Å². The van der Waals surface area contributed by atoms with E-state index in [4.69, 9.17) is 11.6 Å². The van der Waals surface area contributed by atoms with Crippen molar-refractivity contribution in [1.29, 1.82) is 0 Å². The van der Waals surface area contributed by atoms with Crippen molar-refractivity contribution in [3.05, 3.63) is 94.5 Å². The molecular formula is C25H25ClN2O3S. The van der Waals surface area contributed by atoms with Gasteiger partial charge < -0.3 is 4.90 Å². The van der Waals surface area contributed by atoms with E-state index >= 15 is 0 Å². The molecule has 0 bridgehead atoms. The Morgan fingerprint density at radius 2 is 1.62 bits per heavy atom. The molecule has 5 nitrogen and oxygen atoms in total. The summed E-state index contributed by atoms with van der Waals surface area (Å²) < 4.78 is 28.5. The number of carbonyl (C=O) groups excluding carboxylic acids is 1. The Morgan fingerprint density at radius 3 is 2.28 bits per heavy atom. The minimum absolute atomic E-state index is 0.0218. The summed E-state index contributed by atoms with van der Waals surface area (Å²) in [5.74, 6) is 0.0218. The van der Waals surface area contributed by atoms with Crippen LogP contribution in [0.3, 0.4) is 0 Å². The van der Waals surface area contributed by atoms with Crippen molar-refractivity contribution in [3.8, 4) is 0 Å². The third-order valence-electron chi connectivity index (χ3n) is 5.69. The topological polar surface area (TPSA) is 57.7 Å². The van der Waals surface area contributed by atoms with Gasteiger partial charge in [0.15, 0.2) is 0 Å². The second kappa shape index (κ2) is 9.35. The maximum absolute atomic E-state index is 13.6. The van der Waals surface area contributed by atoms with Gasteiger partial charge in [0.25, 0.3) is 15.9 Å². The number of benzene rings is 3. The van der Waals surface area contributed by atoms with Gasteiger partial charge in [0.1, 0.15) is 0 Å². The lowest BCUT2D eigenvalue weighted by Crippen LogP contribution is -2.31. The molecule has 1 aliphatic rings. The molecule has 0 spiro atoms. The fourth-order valence-corrected chi connectivity index (χ4v) is 5.59. The predicted molar refractivity (Wildman–Crippen MR) is 128 cm³/mol. The molecule has 1 amide bonds. The number of hydrogen-bond acceptors (Lipinski definition) is 3. The summed E-state index contributed by atoms with van der Waals surface area (Å²) in [4.78, 5) is 14.7. The Kier molecular flexibility index (Phi) is 6.53. The number of aryl methyl sites for hydroxylation is 1. The monoisotopic (exact) mass is 468 g/mol. The van der Waals surface area contributed by atoms with Crippen LogP contribution in [0.4, 0.5) is 5.69 Å². The van der Waals surface area contributed by atoms with Crippen LogP contribution in [0.25, 0.3) is 0 Å². The van der Waals surface area contributed by atoms with E-state index in [1.54, 1.807) is 54.6 Å². The van der Waals surface area contributed by atoms with Crippen LogP contribution in [0, 0.1) is 6.92 Å². The molecule has 1 aliphatic heterocycles. The average molecular weight is 469 g/mol. The largest absolute Gasteiger partial charge is 0.339 e. The first-order valence-corrected chi connectivity index (χ1v) is 12.4. The van der Waals surface area contributed by atoms with Crippen molar-refractivity contribution in [2.24, 2.45) is 0 Å². The van der Waals surface area contributed by atoms with Gasteiger partial charge in [0.05, 0.1) is 17.1 Å². The number of nitrogens with zero attached hydrogens (tertiary/aromatic N) is 2. The lowest BCUT2D eigenvalue weighted by Gasteiger charge is -2.26. The normalized spacial score (nSPS) is 13.9. The highest BCUT2D eigenvalue weighted by molar-refractivity contribution is 7.92. The number of anilines is 1. The second-order valence-electron chi connectivity index (χ2n) is 7.95. The van der Waals surface area contributed by atoms with E-state index < -0.39 is 10.0 Å². The zero-order chi connectivity index (χ0) is 22.7. The van der Waals surface area contributed by atoms with E-state index in [0.29, 0.717) is 16.3 Å². The molecule has 1 saturated heterocycles. The first kappa shape index (κ1) is 22.4. The van der Waals surface area contributed by atoms with Crippen LogP contribution in [-0.2, 0) is 16.6 Å². The summed E-state index contributed by atoms with van der Waals surface area (Å²) in [6.07, 6.45) is 2.07. The number of rotatable bonds is 6. The molecule has 0 unspecified atom stereocenters. The van der Waals surface area contributed by atoms with Crippen molar-refractivity contribution >= 4 is 33.2 Å². The van der Waals surface area contributed by atoms with Gasteiger partial charge in [0.2, 0.25) is 0 Å². The van der Waals surface area contributed by atoms with Crippen LogP contribution in [0.1, 0.15) is 34.3 Å². The highest BCUT2D eigenvalue weighted by Crippen LogP contribution is 2.31. The van der Waals surface area contributed by atoms with E-state index in [0.717, 1.165) is 37.1 Å². The fourth-order valence-electron chi connectivity index (χ4n) is 3.89. The molecule has 0 atom stereocenters. The fraction of sp³-hybridized carbons (Fsp3) is 0.240. The molecule has 0 aliphatic carbocycles. The van der Waals surface area contributed by atoms with Gasteiger partial charge >= 0.3 is 0 Å². The lowest BCUT2D eigenvalue weighted by atomic mass is 10.1. The minimum Gasteiger partial charge on any atom is -0.339 e. The Labute approximate surface area is 194 Å². The van der Waals surface area contributed by atoms with E-state index in [9.17, 15) is 13.2 Å². The molecule has 1 fully saturated rings. The van der Waals surface area contributed by atoms with Gasteiger partial charge in [-0.1, -0.05) is 48.0 Å². The van der Waals surface area contributed by atoms with E-state index in [1.165, 1.54) is 4.31 Å². The Balaban J connectivity index is 1.68. The minimum atomic E-state index is -3.83. The molecule has 7 heteroatoms. The highest BCUT2D eigenvalue weighted by Gasteiger charge is 2.27. The maximum atomic E-state index is 13.6. The summed E-state index contributed by atoms with van der Waals surface area (Å²) in [6, 6.07) is 20.8. The quantitative estimate of drug-likeness (QED) is 0.494. The number of sulfonamides is 1. The number of halogens is 1. The summed E-state index contributed by atoms with van der Waals surface area (Å²) in [5, 5.41) is 0.463. The van der Waals surface area contributed by atoms with Crippen LogP contribution in [-0.4, -0.2) is 32.3 Å². The molecule has 0 saturated carbocycles. The summed E-state index contributed by atoms with van der Waals surface area (Å²) >= 11 is 6.21. The molecule has 32 heavy (non-hydrogen) atoms. The number of likely N-dealkylation sites (tertiary alicyclic amines) is 1. The van der Waals surface area contributed by atoms with Gasteiger partial charge in [-0.3, -0.25) is 9.10 Å². The van der Waals surface area contributed by atoms with Gasteiger partial charge in [0, 0.05) is 23.7 Å². The summed E-state index contributed by atoms with van der Waals surface area (Å²) in [7, 11) is -3.83. The van der Waals surface area contributed by atoms with Gasteiger partial charge in [-0.25, -0.2) is 8.42 Å². The molecule has 4 rings (SSSR count). The Bertz CT molecular complexity index is 1210. The summed E-state index contributed by atoms with van der Waals surface area (Å²) in [6.45, 7) is 3.56. The second-order valence-corrected chi connectivity index (χ2v) is 10.3. The first-order valence-electron chi connectivity index (χ1n) is 10.6. The molecule has 0 radical (unpaired) electrons. The van der Waals surface area contributed by atoms with E-state index in [2.05, 4.69) is 0 Å². The number of carbonyl (C=O) groups is 1. The SMILES string of the molecule is Cc1ccc(Cl)cc1N(Cc1ccc(C(=O)N2CCCC2)cc1)S(=O)(=O)c1ccccc1. The van der Waals surface area contributed by atoms with E-state index in [1.807, 2.05) is 30.0 Å². The molecule has 1 heterocycles. The maximum Gasteiger partial charge on any atom is 0.264 e. The van der Waals surface area contributed by atoms with Crippen molar-refractivity contribution < 1.29 is 13.2 Å². The third-order valence-corrected chi connectivity index (χ3v) is 7.70.